The van der Waals surface area contributed by atoms with Crippen LogP contribution in [0.5, 0.6) is 0 Å². The molecule has 0 aromatic heterocycles. The largest absolute Gasteiger partial charge is 0.756 e. The molecule has 0 aliphatic carbocycles. The highest BCUT2D eigenvalue weighted by atomic mass is 31.2. The molecule has 0 spiro atoms. The molecule has 10 heteroatoms. The Balaban J connectivity index is 4.20. The maximum absolute atomic E-state index is 12.8. The van der Waals surface area contributed by atoms with Crippen LogP contribution < -0.4 is 4.89 Å². The summed E-state index contributed by atoms with van der Waals surface area (Å²) in [4.78, 5) is 37.9. The fourth-order valence-corrected chi connectivity index (χ4v) is 8.26. The lowest BCUT2D eigenvalue weighted by molar-refractivity contribution is -0.870. The van der Waals surface area contributed by atoms with Crippen molar-refractivity contribution in [1.82, 2.24) is 0 Å². The number of phosphoric acid groups is 1. The number of unbranched alkanes of at least 4 members (excludes halogenated alkanes) is 18. The fourth-order valence-electron chi connectivity index (χ4n) is 7.53. The van der Waals surface area contributed by atoms with Crippen molar-refractivity contribution in [2.45, 2.75) is 225 Å². The van der Waals surface area contributed by atoms with Crippen molar-refractivity contribution in [2.24, 2.45) is 0 Å². The number of nitrogens with zero attached hydrogens (tertiary/aromatic N) is 1. The summed E-state index contributed by atoms with van der Waals surface area (Å²) in [6, 6.07) is 0. The van der Waals surface area contributed by atoms with E-state index in [9.17, 15) is 19.0 Å². The number of hydrogen-bond donors (Lipinski definition) is 0. The van der Waals surface area contributed by atoms with E-state index in [0.717, 1.165) is 116 Å². The highest BCUT2D eigenvalue weighted by Crippen LogP contribution is 2.38. The van der Waals surface area contributed by atoms with E-state index < -0.39 is 32.5 Å². The standard InChI is InChI=1S/C64H108NO8P/c1-6-8-10-12-14-16-18-20-22-24-26-28-29-30-31-32-33-34-35-37-39-41-43-45-47-49-51-53-55-57-64(67)73-62(61-72-74(68,69)71-59-58-65(3,4)5)60-70-63(66)56-54-52-50-48-46-44-42-40-38-36-27-25-23-21-19-17-15-13-11-9-7-2/h8-11,14-17,20-23,26-28,30-31,36,40,42,62H,6-7,12-13,18-19,24-25,29,32-35,37-39,41,43-61H2,1-5H3/b10-8-,11-9-,16-14-,17-15-,22-20-,23-21-,28-26-,31-30-,36-27-,42-40-. The number of rotatable bonds is 52. The van der Waals surface area contributed by atoms with Crippen molar-refractivity contribution in [1.29, 1.82) is 0 Å². The zero-order valence-electron chi connectivity index (χ0n) is 47.7. The van der Waals surface area contributed by atoms with Crippen LogP contribution >= 0.6 is 7.82 Å². The Bertz CT molecular complexity index is 1660. The van der Waals surface area contributed by atoms with Crippen LogP contribution in [-0.4, -0.2) is 70.0 Å². The van der Waals surface area contributed by atoms with Crippen LogP contribution in [0.15, 0.2) is 122 Å². The Morgan fingerprint density at radius 3 is 1.08 bits per heavy atom. The summed E-state index contributed by atoms with van der Waals surface area (Å²) >= 11 is 0. The van der Waals surface area contributed by atoms with Gasteiger partial charge in [-0.3, -0.25) is 14.2 Å². The molecule has 0 saturated heterocycles. The van der Waals surface area contributed by atoms with Gasteiger partial charge in [0, 0.05) is 12.8 Å². The van der Waals surface area contributed by atoms with E-state index >= 15 is 0 Å². The van der Waals surface area contributed by atoms with Gasteiger partial charge in [0.2, 0.25) is 0 Å². The molecule has 0 N–H and O–H groups in total. The summed E-state index contributed by atoms with van der Waals surface area (Å²) < 4.78 is 34.1. The Morgan fingerprint density at radius 2 is 0.730 bits per heavy atom. The van der Waals surface area contributed by atoms with Crippen molar-refractivity contribution in [3.05, 3.63) is 122 Å². The summed E-state index contributed by atoms with van der Waals surface area (Å²) in [7, 11) is 1.14. The second kappa shape index (κ2) is 54.2. The molecule has 2 unspecified atom stereocenters. The normalized spacial score (nSPS) is 14.2. The van der Waals surface area contributed by atoms with Crippen LogP contribution in [0.3, 0.4) is 0 Å². The van der Waals surface area contributed by atoms with Crippen molar-refractivity contribution in [2.75, 3.05) is 47.5 Å². The van der Waals surface area contributed by atoms with Crippen molar-refractivity contribution >= 4 is 19.8 Å². The highest BCUT2D eigenvalue weighted by molar-refractivity contribution is 7.45. The molecule has 0 aliphatic rings. The van der Waals surface area contributed by atoms with E-state index in [-0.39, 0.29) is 26.1 Å². The Kier molecular flexibility index (Phi) is 51.6. The molecule has 2 atom stereocenters. The first kappa shape index (κ1) is 70.4. The van der Waals surface area contributed by atoms with Crippen molar-refractivity contribution in [3.8, 4) is 0 Å². The van der Waals surface area contributed by atoms with Crippen LogP contribution in [-0.2, 0) is 32.7 Å². The van der Waals surface area contributed by atoms with Crippen molar-refractivity contribution in [3.63, 3.8) is 0 Å². The zero-order valence-corrected chi connectivity index (χ0v) is 48.6. The molecule has 0 heterocycles. The third kappa shape index (κ3) is 57.7. The minimum atomic E-state index is -4.65. The molecule has 74 heavy (non-hydrogen) atoms. The molecular weight excluding hydrogens is 942 g/mol. The van der Waals surface area contributed by atoms with Crippen molar-refractivity contribution < 1.29 is 42.1 Å². The second-order valence-electron chi connectivity index (χ2n) is 20.2. The first-order valence-corrected chi connectivity index (χ1v) is 30.7. The topological polar surface area (TPSA) is 111 Å². The second-order valence-corrected chi connectivity index (χ2v) is 21.7. The Hall–Kier alpha value is -3.59. The van der Waals surface area contributed by atoms with Crippen LogP contribution in [0.25, 0.3) is 0 Å². The summed E-state index contributed by atoms with van der Waals surface area (Å²) in [6.07, 6.45) is 76.7. The molecular formula is C64H108NO8P. The number of quaternary nitrogens is 1. The van der Waals surface area contributed by atoms with Gasteiger partial charge < -0.3 is 27.9 Å². The molecule has 9 nitrogen and oxygen atoms in total. The van der Waals surface area contributed by atoms with E-state index in [1.807, 2.05) is 21.1 Å². The molecule has 0 saturated carbocycles. The molecule has 0 radical (unpaired) electrons. The van der Waals surface area contributed by atoms with Gasteiger partial charge in [0.1, 0.15) is 19.8 Å². The monoisotopic (exact) mass is 1050 g/mol. The predicted octanol–water partition coefficient (Wildman–Crippen LogP) is 17.7. The Labute approximate surface area is 454 Å². The van der Waals surface area contributed by atoms with Gasteiger partial charge in [-0.15, -0.1) is 0 Å². The predicted molar refractivity (Wildman–Crippen MR) is 314 cm³/mol. The first-order valence-electron chi connectivity index (χ1n) is 29.2. The molecule has 0 aliphatic heterocycles. The fraction of sp³-hybridized carbons (Fsp3) is 0.656. The minimum absolute atomic E-state index is 0.0407. The SMILES string of the molecule is CC/C=C\C/C=C\C/C=C\C/C=C\C/C=C\CCCCCCCCCCCCCCCC(=O)OC(COC(=O)CCCCCCC/C=C\C/C=C\C/C=C\C/C=C\C/C=C\CC)COP(=O)([O-])OCC[N+](C)(C)C. The van der Waals surface area contributed by atoms with E-state index in [1.54, 1.807) is 0 Å². The van der Waals surface area contributed by atoms with Crippen LogP contribution in [0, 0.1) is 0 Å². The van der Waals surface area contributed by atoms with Gasteiger partial charge in [-0.1, -0.05) is 225 Å². The van der Waals surface area contributed by atoms with Gasteiger partial charge >= 0.3 is 11.9 Å². The van der Waals surface area contributed by atoms with Crippen LogP contribution in [0.1, 0.15) is 219 Å². The van der Waals surface area contributed by atoms with E-state index in [1.165, 1.54) is 64.2 Å². The van der Waals surface area contributed by atoms with Gasteiger partial charge in [0.05, 0.1) is 27.7 Å². The summed E-state index contributed by atoms with van der Waals surface area (Å²) in [6.45, 7) is 3.98. The quantitative estimate of drug-likeness (QED) is 0.0195. The number of esters is 2. The number of hydrogen-bond acceptors (Lipinski definition) is 8. The molecule has 0 bridgehead atoms. The third-order valence-corrected chi connectivity index (χ3v) is 12.9. The van der Waals surface area contributed by atoms with Gasteiger partial charge in [-0.2, -0.15) is 0 Å². The van der Waals surface area contributed by atoms with Crippen LogP contribution in [0.4, 0.5) is 0 Å². The molecule has 0 aromatic carbocycles. The summed E-state index contributed by atoms with van der Waals surface area (Å²) in [5.41, 5.74) is 0. The van der Waals surface area contributed by atoms with Crippen LogP contribution in [0.2, 0.25) is 0 Å². The molecule has 0 rings (SSSR count). The van der Waals surface area contributed by atoms with Gasteiger partial charge in [-0.25, -0.2) is 0 Å². The first-order chi connectivity index (χ1) is 36.0. The number of allylic oxidation sites excluding steroid dienone is 20. The third-order valence-electron chi connectivity index (χ3n) is 12.0. The van der Waals surface area contributed by atoms with Gasteiger partial charge in [0.15, 0.2) is 6.10 Å². The van der Waals surface area contributed by atoms with E-state index in [0.29, 0.717) is 23.9 Å². The number of likely N-dealkylation sites (N-methyl/N-ethyl adjacent to an activating group) is 1. The highest BCUT2D eigenvalue weighted by Gasteiger charge is 2.21. The zero-order chi connectivity index (χ0) is 54.2. The van der Waals surface area contributed by atoms with Gasteiger partial charge in [0.25, 0.3) is 7.82 Å². The summed E-state index contributed by atoms with van der Waals surface area (Å²) in [5.74, 6) is -0.863. The maximum Gasteiger partial charge on any atom is 0.306 e. The Morgan fingerprint density at radius 1 is 0.419 bits per heavy atom. The lowest BCUT2D eigenvalue weighted by Gasteiger charge is -2.28. The smallest absolute Gasteiger partial charge is 0.306 e. The maximum atomic E-state index is 12.8. The minimum Gasteiger partial charge on any atom is -0.756 e. The van der Waals surface area contributed by atoms with Gasteiger partial charge in [-0.05, 0) is 103 Å². The number of carbonyl (C=O) groups is 2. The number of carbonyl (C=O) groups excluding carboxylic acids is 2. The lowest BCUT2D eigenvalue weighted by atomic mass is 10.0. The average molecular weight is 1050 g/mol. The molecule has 0 fully saturated rings. The van der Waals surface area contributed by atoms with E-state index in [2.05, 4.69) is 135 Å². The number of ether oxygens (including phenoxy) is 2. The van der Waals surface area contributed by atoms with E-state index in [4.69, 9.17) is 18.5 Å². The number of phosphoric ester groups is 1. The lowest BCUT2D eigenvalue weighted by Crippen LogP contribution is -2.37. The average Bonchev–Trinajstić information content (AvgIpc) is 3.36. The summed E-state index contributed by atoms with van der Waals surface area (Å²) in [5, 5.41) is 0. The molecule has 422 valence electrons. The molecule has 0 aromatic rings. The molecule has 0 amide bonds.